The highest BCUT2D eigenvalue weighted by Crippen LogP contribution is 2.30. The van der Waals surface area contributed by atoms with Crippen molar-refractivity contribution < 1.29 is 14.2 Å². The lowest BCUT2D eigenvalue weighted by molar-refractivity contribution is 0.106. The number of hydrogen-bond donors (Lipinski definition) is 1. The number of ether oxygens (including phenoxy) is 3. The van der Waals surface area contributed by atoms with Crippen LogP contribution in [0.3, 0.4) is 0 Å². The Balaban J connectivity index is 2.23. The zero-order valence-electron chi connectivity index (χ0n) is 11.7. The van der Waals surface area contributed by atoms with E-state index in [1.807, 2.05) is 13.8 Å². The van der Waals surface area contributed by atoms with Gasteiger partial charge in [0.2, 0.25) is 5.88 Å². The monoisotopic (exact) mass is 278 g/mol. The third-order valence-electron chi connectivity index (χ3n) is 2.80. The summed E-state index contributed by atoms with van der Waals surface area (Å²) in [6, 6.07) is 0.124. The quantitative estimate of drug-likeness (QED) is 0.804. The Hall–Kier alpha value is -2.08. The first-order valence-electron chi connectivity index (χ1n) is 6.58. The fraction of sp³-hybridized carbons (Fsp3) is 0.429. The number of fused-ring (bicyclic) bond motifs is 1. The minimum absolute atomic E-state index is 0.124. The average Bonchev–Trinajstić information content (AvgIpc) is 2.42. The fourth-order valence-electron chi connectivity index (χ4n) is 1.90. The van der Waals surface area contributed by atoms with E-state index in [0.29, 0.717) is 37.6 Å². The van der Waals surface area contributed by atoms with Crippen LogP contribution < -0.4 is 15.0 Å². The third-order valence-corrected chi connectivity index (χ3v) is 2.80. The van der Waals surface area contributed by atoms with Crippen molar-refractivity contribution in [2.75, 3.05) is 19.8 Å². The van der Waals surface area contributed by atoms with Gasteiger partial charge in [-0.2, -0.15) is 4.98 Å². The molecular weight excluding hydrogens is 260 g/mol. The van der Waals surface area contributed by atoms with Crippen LogP contribution in [-0.2, 0) is 4.74 Å². The zero-order chi connectivity index (χ0) is 14.5. The van der Waals surface area contributed by atoms with Gasteiger partial charge < -0.3 is 14.2 Å². The molecule has 0 unspecified atom stereocenters. The van der Waals surface area contributed by atoms with E-state index in [2.05, 4.69) is 16.5 Å². The summed E-state index contributed by atoms with van der Waals surface area (Å²) >= 11 is 0. The van der Waals surface area contributed by atoms with Crippen molar-refractivity contribution in [2.45, 2.75) is 20.3 Å². The number of nitrogens with zero attached hydrogens (tertiary/aromatic N) is 1. The SMILES string of the molecule is C=C1C=C(CC)c2c(nc(OCCOCC)[nH]c2=O)O1. The van der Waals surface area contributed by atoms with E-state index in [1.165, 1.54) is 0 Å². The molecule has 2 rings (SSSR count). The molecule has 1 aromatic heterocycles. The summed E-state index contributed by atoms with van der Waals surface area (Å²) in [7, 11) is 0. The van der Waals surface area contributed by atoms with Crippen LogP contribution in [-0.4, -0.2) is 29.8 Å². The van der Waals surface area contributed by atoms with Crippen LogP contribution in [0, 0.1) is 0 Å². The second kappa shape index (κ2) is 6.38. The Morgan fingerprint density at radius 2 is 2.20 bits per heavy atom. The standard InChI is InChI=1S/C14H18N2O4/c1-4-10-8-9(3)20-13-11(10)12(17)15-14(16-13)19-7-6-18-5-2/h8H,3-7H2,1-2H3,(H,15,16,17). The summed E-state index contributed by atoms with van der Waals surface area (Å²) in [5.74, 6) is 0.706. The highest BCUT2D eigenvalue weighted by Gasteiger charge is 2.21. The first-order chi connectivity index (χ1) is 9.65. The molecule has 20 heavy (non-hydrogen) atoms. The highest BCUT2D eigenvalue weighted by molar-refractivity contribution is 5.72. The lowest BCUT2D eigenvalue weighted by Crippen LogP contribution is -2.20. The van der Waals surface area contributed by atoms with Gasteiger partial charge in [-0.15, -0.1) is 0 Å². The molecule has 1 aliphatic rings. The second-order valence-corrected chi connectivity index (χ2v) is 4.19. The fourth-order valence-corrected chi connectivity index (χ4v) is 1.90. The maximum atomic E-state index is 12.1. The molecule has 0 amide bonds. The van der Waals surface area contributed by atoms with Crippen molar-refractivity contribution in [3.8, 4) is 11.9 Å². The number of H-pyrrole nitrogens is 1. The average molecular weight is 278 g/mol. The van der Waals surface area contributed by atoms with Gasteiger partial charge in [0, 0.05) is 6.61 Å². The van der Waals surface area contributed by atoms with Gasteiger partial charge in [-0.3, -0.25) is 9.78 Å². The zero-order valence-corrected chi connectivity index (χ0v) is 11.7. The Morgan fingerprint density at radius 3 is 2.90 bits per heavy atom. The van der Waals surface area contributed by atoms with E-state index in [0.717, 1.165) is 5.57 Å². The lowest BCUT2D eigenvalue weighted by atomic mass is 10.0. The molecule has 0 saturated heterocycles. The molecule has 0 spiro atoms. The molecule has 0 fully saturated rings. The molecule has 0 saturated carbocycles. The van der Waals surface area contributed by atoms with Crippen LogP contribution >= 0.6 is 0 Å². The van der Waals surface area contributed by atoms with E-state index in [-0.39, 0.29) is 17.4 Å². The smallest absolute Gasteiger partial charge is 0.299 e. The number of allylic oxidation sites excluding steroid dienone is 2. The van der Waals surface area contributed by atoms with Gasteiger partial charge in [-0.1, -0.05) is 13.5 Å². The number of aromatic amines is 1. The topological polar surface area (TPSA) is 73.4 Å². The van der Waals surface area contributed by atoms with Crippen LogP contribution in [0.1, 0.15) is 25.8 Å². The molecule has 6 nitrogen and oxygen atoms in total. The summed E-state index contributed by atoms with van der Waals surface area (Å²) in [6.07, 6.45) is 2.44. The van der Waals surface area contributed by atoms with Crippen molar-refractivity contribution in [3.63, 3.8) is 0 Å². The summed E-state index contributed by atoms with van der Waals surface area (Å²) in [5.41, 5.74) is 1.02. The predicted octanol–water partition coefficient (Wildman–Crippen LogP) is 1.88. The summed E-state index contributed by atoms with van der Waals surface area (Å²) in [4.78, 5) is 18.9. The van der Waals surface area contributed by atoms with Crippen molar-refractivity contribution >= 4 is 5.57 Å². The molecule has 1 N–H and O–H groups in total. The molecule has 6 heteroatoms. The van der Waals surface area contributed by atoms with Crippen LogP contribution in [0.2, 0.25) is 0 Å². The second-order valence-electron chi connectivity index (χ2n) is 4.19. The molecular formula is C14H18N2O4. The molecule has 1 aromatic rings. The van der Waals surface area contributed by atoms with Crippen LogP contribution in [0.5, 0.6) is 11.9 Å². The van der Waals surface area contributed by atoms with Gasteiger partial charge in [0.25, 0.3) is 11.6 Å². The largest absolute Gasteiger partial charge is 0.462 e. The molecule has 1 aliphatic heterocycles. The Kier molecular flexibility index (Phi) is 4.57. The van der Waals surface area contributed by atoms with E-state index in [9.17, 15) is 4.79 Å². The number of nitrogens with one attached hydrogen (secondary N) is 1. The summed E-state index contributed by atoms with van der Waals surface area (Å²) in [6.45, 7) is 8.97. The molecule has 0 aromatic carbocycles. The van der Waals surface area contributed by atoms with Crippen molar-refractivity contribution in [1.82, 2.24) is 9.97 Å². The van der Waals surface area contributed by atoms with Crippen LogP contribution in [0.4, 0.5) is 0 Å². The normalized spacial score (nSPS) is 13.5. The first-order valence-corrected chi connectivity index (χ1v) is 6.58. The molecule has 108 valence electrons. The van der Waals surface area contributed by atoms with Crippen LogP contribution in [0.25, 0.3) is 5.57 Å². The van der Waals surface area contributed by atoms with E-state index >= 15 is 0 Å². The predicted molar refractivity (Wildman–Crippen MR) is 74.9 cm³/mol. The van der Waals surface area contributed by atoms with E-state index in [1.54, 1.807) is 6.08 Å². The first kappa shape index (κ1) is 14.3. The molecule has 0 aliphatic carbocycles. The number of rotatable bonds is 6. The van der Waals surface area contributed by atoms with Gasteiger partial charge in [0.15, 0.2) is 0 Å². The minimum Gasteiger partial charge on any atom is -0.462 e. The third kappa shape index (κ3) is 3.08. The number of hydrogen-bond acceptors (Lipinski definition) is 5. The highest BCUT2D eigenvalue weighted by atomic mass is 16.5. The van der Waals surface area contributed by atoms with E-state index < -0.39 is 0 Å². The van der Waals surface area contributed by atoms with E-state index in [4.69, 9.17) is 14.2 Å². The molecule has 0 bridgehead atoms. The summed E-state index contributed by atoms with van der Waals surface area (Å²) in [5, 5.41) is 0. The van der Waals surface area contributed by atoms with Gasteiger partial charge in [0.1, 0.15) is 17.9 Å². The Morgan fingerprint density at radius 1 is 1.40 bits per heavy atom. The molecule has 2 heterocycles. The molecule has 0 radical (unpaired) electrons. The van der Waals surface area contributed by atoms with Gasteiger partial charge in [-0.05, 0) is 25.0 Å². The number of aromatic nitrogens is 2. The minimum atomic E-state index is -0.276. The maximum absolute atomic E-state index is 12.1. The Labute approximate surface area is 117 Å². The van der Waals surface area contributed by atoms with Crippen molar-refractivity contribution in [1.29, 1.82) is 0 Å². The molecule has 0 atom stereocenters. The van der Waals surface area contributed by atoms with Gasteiger partial charge >= 0.3 is 0 Å². The van der Waals surface area contributed by atoms with Crippen LogP contribution in [0.15, 0.2) is 23.2 Å². The Bertz CT molecular complexity index is 589. The van der Waals surface area contributed by atoms with Gasteiger partial charge in [0.05, 0.1) is 6.61 Å². The van der Waals surface area contributed by atoms with Gasteiger partial charge in [-0.25, -0.2) is 0 Å². The lowest BCUT2D eigenvalue weighted by Gasteiger charge is -2.17. The summed E-state index contributed by atoms with van der Waals surface area (Å²) < 4.78 is 15.9. The van der Waals surface area contributed by atoms with Crippen molar-refractivity contribution in [2.24, 2.45) is 0 Å². The van der Waals surface area contributed by atoms with Crippen molar-refractivity contribution in [3.05, 3.63) is 34.3 Å². The maximum Gasteiger partial charge on any atom is 0.299 e.